The normalized spacial score (nSPS) is 10.5. The van der Waals surface area contributed by atoms with E-state index in [4.69, 9.17) is 14.9 Å². The van der Waals surface area contributed by atoms with Crippen LogP contribution in [0, 0.1) is 5.41 Å². The Labute approximate surface area is 105 Å². The van der Waals surface area contributed by atoms with Gasteiger partial charge < -0.3 is 14.9 Å². The van der Waals surface area contributed by atoms with Gasteiger partial charge in [-0.2, -0.15) is 0 Å². The molecule has 0 rings (SSSR count). The van der Waals surface area contributed by atoms with Crippen molar-refractivity contribution in [2.75, 3.05) is 19.8 Å². The van der Waals surface area contributed by atoms with Crippen molar-refractivity contribution in [3.63, 3.8) is 0 Å². The van der Waals surface area contributed by atoms with Gasteiger partial charge in [0, 0.05) is 11.8 Å². The fraction of sp³-hybridized carbons (Fsp3) is 0.923. The Morgan fingerprint density at radius 2 is 1.65 bits per heavy atom. The molecular formula is C13H28O4. The highest BCUT2D eigenvalue weighted by atomic mass is 16.5. The van der Waals surface area contributed by atoms with Gasteiger partial charge in [-0.15, -0.1) is 0 Å². The lowest BCUT2D eigenvalue weighted by Gasteiger charge is -2.21. The number of carbonyl (C=O) groups excluding carboxylic acids is 1. The van der Waals surface area contributed by atoms with Crippen molar-refractivity contribution in [3.05, 3.63) is 0 Å². The van der Waals surface area contributed by atoms with Crippen LogP contribution in [0.1, 0.15) is 53.4 Å². The highest BCUT2D eigenvalue weighted by molar-refractivity contribution is 5.69. The molecule has 0 heterocycles. The maximum Gasteiger partial charge on any atom is 0.305 e. The van der Waals surface area contributed by atoms with Gasteiger partial charge in [0.2, 0.25) is 0 Å². The summed E-state index contributed by atoms with van der Waals surface area (Å²) >= 11 is 0. The molecule has 2 N–H and O–H groups in total. The molecule has 17 heavy (non-hydrogen) atoms. The van der Waals surface area contributed by atoms with Crippen LogP contribution in [-0.2, 0) is 9.53 Å². The molecule has 0 aromatic carbocycles. The van der Waals surface area contributed by atoms with E-state index in [1.165, 1.54) is 0 Å². The van der Waals surface area contributed by atoms with Crippen LogP contribution in [0.2, 0.25) is 0 Å². The third-order valence-electron chi connectivity index (χ3n) is 2.54. The lowest BCUT2D eigenvalue weighted by Crippen LogP contribution is -2.24. The summed E-state index contributed by atoms with van der Waals surface area (Å²) in [6, 6.07) is 0. The minimum Gasteiger partial charge on any atom is -0.466 e. The average Bonchev–Trinajstić information content (AvgIpc) is 2.36. The number of aliphatic hydroxyl groups is 2. The van der Waals surface area contributed by atoms with E-state index >= 15 is 0 Å². The van der Waals surface area contributed by atoms with E-state index in [1.54, 1.807) is 0 Å². The fourth-order valence-electron chi connectivity index (χ4n) is 0.766. The summed E-state index contributed by atoms with van der Waals surface area (Å²) in [6.45, 7) is 8.46. The summed E-state index contributed by atoms with van der Waals surface area (Å²) in [7, 11) is 0. The first-order chi connectivity index (χ1) is 7.99. The maximum absolute atomic E-state index is 10.6. The Hall–Kier alpha value is -0.610. The highest BCUT2D eigenvalue weighted by Crippen LogP contribution is 2.17. The molecule has 0 aliphatic rings. The standard InChI is InChI=1S/C7H14O2.C6H14O2/c1-3-5-7(8)9-6-4-2;1-3-6(2,4-7)5-8/h3-6H2,1-2H3;7-8H,3-5H2,1-2H3. The maximum atomic E-state index is 10.6. The topological polar surface area (TPSA) is 66.8 Å². The molecule has 104 valence electrons. The third-order valence-corrected chi connectivity index (χ3v) is 2.54. The molecule has 0 radical (unpaired) electrons. The van der Waals surface area contributed by atoms with Crippen LogP contribution in [-0.4, -0.2) is 36.0 Å². The number of hydrogen-bond donors (Lipinski definition) is 2. The number of carbonyl (C=O) groups is 1. The van der Waals surface area contributed by atoms with Crippen LogP contribution in [0.5, 0.6) is 0 Å². The lowest BCUT2D eigenvalue weighted by molar-refractivity contribution is -0.143. The molecular weight excluding hydrogens is 220 g/mol. The monoisotopic (exact) mass is 248 g/mol. The summed E-state index contributed by atoms with van der Waals surface area (Å²) in [6.07, 6.45) is 3.16. The zero-order chi connectivity index (χ0) is 13.7. The number of esters is 1. The van der Waals surface area contributed by atoms with Crippen molar-refractivity contribution < 1.29 is 19.7 Å². The Morgan fingerprint density at radius 1 is 1.12 bits per heavy atom. The number of hydrogen-bond acceptors (Lipinski definition) is 4. The molecule has 0 spiro atoms. The first kappa shape index (κ1) is 18.7. The predicted molar refractivity (Wildman–Crippen MR) is 68.7 cm³/mol. The van der Waals surface area contributed by atoms with Crippen LogP contribution in [0.15, 0.2) is 0 Å². The molecule has 0 aromatic rings. The summed E-state index contributed by atoms with van der Waals surface area (Å²) in [4.78, 5) is 10.6. The fourth-order valence-corrected chi connectivity index (χ4v) is 0.766. The minimum atomic E-state index is -0.264. The largest absolute Gasteiger partial charge is 0.466 e. The van der Waals surface area contributed by atoms with E-state index in [9.17, 15) is 4.79 Å². The third kappa shape index (κ3) is 11.6. The quantitative estimate of drug-likeness (QED) is 0.677. The van der Waals surface area contributed by atoms with Crippen LogP contribution in [0.25, 0.3) is 0 Å². The Morgan fingerprint density at radius 3 is 1.88 bits per heavy atom. The van der Waals surface area contributed by atoms with Crippen molar-refractivity contribution in [1.82, 2.24) is 0 Å². The molecule has 0 aliphatic carbocycles. The molecule has 0 aromatic heterocycles. The van der Waals surface area contributed by atoms with E-state index in [-0.39, 0.29) is 24.6 Å². The molecule has 4 nitrogen and oxygen atoms in total. The molecule has 0 atom stereocenters. The van der Waals surface area contributed by atoms with Crippen LogP contribution < -0.4 is 0 Å². The molecule has 0 fully saturated rings. The SMILES string of the molecule is CCC(C)(CO)CO.CCCOC(=O)CCC. The van der Waals surface area contributed by atoms with Gasteiger partial charge >= 0.3 is 5.97 Å². The van der Waals surface area contributed by atoms with Crippen molar-refractivity contribution in [3.8, 4) is 0 Å². The van der Waals surface area contributed by atoms with Crippen molar-refractivity contribution in [2.45, 2.75) is 53.4 Å². The zero-order valence-corrected chi connectivity index (χ0v) is 11.7. The van der Waals surface area contributed by atoms with Gasteiger partial charge in [0.25, 0.3) is 0 Å². The number of ether oxygens (including phenoxy) is 1. The smallest absolute Gasteiger partial charge is 0.305 e. The van der Waals surface area contributed by atoms with Crippen molar-refractivity contribution in [2.24, 2.45) is 5.41 Å². The first-order valence-corrected chi connectivity index (χ1v) is 6.36. The minimum absolute atomic E-state index is 0.0694. The van der Waals surface area contributed by atoms with E-state index in [2.05, 4.69) is 0 Å². The van der Waals surface area contributed by atoms with Gasteiger partial charge in [-0.1, -0.05) is 27.7 Å². The predicted octanol–water partition coefficient (Wildman–Crippen LogP) is 2.13. The molecule has 4 heteroatoms. The molecule has 0 saturated heterocycles. The van der Waals surface area contributed by atoms with Gasteiger partial charge in [0.05, 0.1) is 19.8 Å². The highest BCUT2D eigenvalue weighted by Gasteiger charge is 2.18. The number of rotatable bonds is 7. The second-order valence-corrected chi connectivity index (χ2v) is 4.45. The van der Waals surface area contributed by atoms with E-state index in [0.29, 0.717) is 13.0 Å². The van der Waals surface area contributed by atoms with Gasteiger partial charge in [0.15, 0.2) is 0 Å². The molecule has 0 saturated carbocycles. The number of aliphatic hydroxyl groups excluding tert-OH is 2. The van der Waals surface area contributed by atoms with Crippen LogP contribution in [0.4, 0.5) is 0 Å². The van der Waals surface area contributed by atoms with E-state index in [1.807, 2.05) is 27.7 Å². The second-order valence-electron chi connectivity index (χ2n) is 4.45. The molecule has 0 bridgehead atoms. The van der Waals surface area contributed by atoms with Gasteiger partial charge in [-0.25, -0.2) is 0 Å². The summed E-state index contributed by atoms with van der Waals surface area (Å²) < 4.78 is 4.79. The zero-order valence-electron chi connectivity index (χ0n) is 11.7. The molecule has 0 amide bonds. The Bertz CT molecular complexity index is 168. The van der Waals surface area contributed by atoms with Crippen molar-refractivity contribution >= 4 is 5.97 Å². The Kier molecular flexibility index (Phi) is 13.1. The van der Waals surface area contributed by atoms with E-state index < -0.39 is 0 Å². The van der Waals surface area contributed by atoms with Gasteiger partial charge in [0.1, 0.15) is 0 Å². The average molecular weight is 248 g/mol. The van der Waals surface area contributed by atoms with E-state index in [0.717, 1.165) is 19.3 Å². The summed E-state index contributed by atoms with van der Waals surface area (Å²) in [5.74, 6) is -0.0700. The first-order valence-electron chi connectivity index (χ1n) is 6.36. The van der Waals surface area contributed by atoms with Crippen molar-refractivity contribution in [1.29, 1.82) is 0 Å². The van der Waals surface area contributed by atoms with Crippen LogP contribution in [0.3, 0.4) is 0 Å². The van der Waals surface area contributed by atoms with Gasteiger partial charge in [-0.3, -0.25) is 4.79 Å². The second kappa shape index (κ2) is 11.9. The Balaban J connectivity index is 0. The molecule has 0 unspecified atom stereocenters. The molecule has 0 aliphatic heterocycles. The van der Waals surface area contributed by atoms with Crippen LogP contribution >= 0.6 is 0 Å². The summed E-state index contributed by atoms with van der Waals surface area (Å²) in [5, 5.41) is 17.3. The lowest BCUT2D eigenvalue weighted by atomic mass is 9.90. The van der Waals surface area contributed by atoms with Gasteiger partial charge in [-0.05, 0) is 19.3 Å². The summed E-state index contributed by atoms with van der Waals surface area (Å²) in [5.41, 5.74) is -0.264.